The van der Waals surface area contributed by atoms with E-state index in [2.05, 4.69) is 0 Å². The topological polar surface area (TPSA) is 69.2 Å². The summed E-state index contributed by atoms with van der Waals surface area (Å²) < 4.78 is 15.3. The number of hydrogen-bond acceptors (Lipinski definition) is 4. The van der Waals surface area contributed by atoms with Crippen molar-refractivity contribution in [2.24, 2.45) is 0 Å². The molecule has 0 fully saturated rings. The van der Waals surface area contributed by atoms with Gasteiger partial charge in [-0.2, -0.15) is 0 Å². The van der Waals surface area contributed by atoms with Gasteiger partial charge in [-0.05, 0) is 35.9 Å². The molecule has 4 aromatic rings. The highest BCUT2D eigenvalue weighted by molar-refractivity contribution is 5.97. The predicted octanol–water partition coefficient (Wildman–Crippen LogP) is 4.50. The molecule has 1 N–H and O–H groups in total. The Hall–Kier alpha value is -3.64. The van der Waals surface area contributed by atoms with Gasteiger partial charge in [-0.3, -0.25) is 10.2 Å². The van der Waals surface area contributed by atoms with E-state index in [1.807, 2.05) is 85.1 Å². The molecule has 1 aromatic heterocycles. The van der Waals surface area contributed by atoms with Crippen molar-refractivity contribution in [2.75, 3.05) is 0 Å². The molecule has 1 aliphatic heterocycles. The van der Waals surface area contributed by atoms with Crippen LogP contribution >= 0.6 is 0 Å². The van der Waals surface area contributed by atoms with Crippen molar-refractivity contribution in [3.05, 3.63) is 95.1 Å². The number of benzene rings is 3. The fourth-order valence-electron chi connectivity index (χ4n) is 4.13. The number of ketones is 1. The average Bonchev–Trinajstić information content (AvgIpc) is 3.05. The molecule has 0 amide bonds. The first kappa shape index (κ1) is 20.3. The maximum absolute atomic E-state index is 13.2. The quantitative estimate of drug-likeness (QED) is 0.477. The highest BCUT2D eigenvalue weighted by atomic mass is 16.7. The van der Waals surface area contributed by atoms with Crippen molar-refractivity contribution in [1.82, 2.24) is 9.13 Å². The Balaban J connectivity index is 1.48. The third kappa shape index (κ3) is 3.74. The van der Waals surface area contributed by atoms with E-state index in [1.165, 1.54) is 0 Å². The van der Waals surface area contributed by atoms with Crippen LogP contribution in [0.5, 0.6) is 5.75 Å². The molecule has 5 rings (SSSR count). The molecule has 0 unspecified atom stereocenters. The summed E-state index contributed by atoms with van der Waals surface area (Å²) in [6.45, 7) is 4.80. The lowest BCUT2D eigenvalue weighted by Crippen LogP contribution is -2.35. The summed E-state index contributed by atoms with van der Waals surface area (Å²) >= 11 is 0. The number of fused-ring (bicyclic) bond motifs is 2. The van der Waals surface area contributed by atoms with Gasteiger partial charge in [0.15, 0.2) is 5.78 Å². The molecular formula is C26H25N3O3. The van der Waals surface area contributed by atoms with E-state index in [0.29, 0.717) is 24.3 Å². The van der Waals surface area contributed by atoms with E-state index in [1.54, 1.807) is 10.6 Å². The van der Waals surface area contributed by atoms with Crippen molar-refractivity contribution in [3.63, 3.8) is 0 Å². The Bertz CT molecular complexity index is 1370. The third-order valence-corrected chi connectivity index (χ3v) is 5.77. The number of para-hydroxylation sites is 2. The Labute approximate surface area is 186 Å². The zero-order valence-electron chi connectivity index (χ0n) is 18.2. The number of nitrogens with zero attached hydrogens (tertiary/aromatic N) is 2. The molecule has 0 saturated carbocycles. The van der Waals surface area contributed by atoms with Crippen molar-refractivity contribution >= 4 is 16.8 Å². The molecule has 0 spiro atoms. The monoisotopic (exact) mass is 427 g/mol. The van der Waals surface area contributed by atoms with Crippen molar-refractivity contribution < 1.29 is 14.3 Å². The van der Waals surface area contributed by atoms with Crippen molar-refractivity contribution in [1.29, 1.82) is 5.41 Å². The molecule has 3 aromatic carbocycles. The van der Waals surface area contributed by atoms with Crippen molar-refractivity contribution in [3.8, 4) is 5.75 Å². The highest BCUT2D eigenvalue weighted by Crippen LogP contribution is 2.31. The fourth-order valence-corrected chi connectivity index (χ4v) is 4.13. The van der Waals surface area contributed by atoms with Gasteiger partial charge in [-0.15, -0.1) is 0 Å². The van der Waals surface area contributed by atoms with Crippen LogP contribution in [0, 0.1) is 5.41 Å². The van der Waals surface area contributed by atoms with E-state index in [0.717, 1.165) is 27.9 Å². The Morgan fingerprint density at radius 3 is 2.41 bits per heavy atom. The molecule has 2 heterocycles. The Morgan fingerprint density at radius 2 is 1.66 bits per heavy atom. The number of carbonyl (C=O) groups excluding carboxylic acids is 1. The summed E-state index contributed by atoms with van der Waals surface area (Å²) in [6.07, 6.45) is 0. The maximum atomic E-state index is 13.2. The van der Waals surface area contributed by atoms with Gasteiger partial charge in [0.05, 0.1) is 30.7 Å². The zero-order chi connectivity index (χ0) is 22.3. The number of nitrogens with one attached hydrogen (secondary N) is 1. The summed E-state index contributed by atoms with van der Waals surface area (Å²) in [4.78, 5) is 13.2. The zero-order valence-corrected chi connectivity index (χ0v) is 18.2. The van der Waals surface area contributed by atoms with Crippen molar-refractivity contribution in [2.45, 2.75) is 39.3 Å². The lowest BCUT2D eigenvalue weighted by molar-refractivity contribution is -0.180. The molecule has 162 valence electrons. The minimum Gasteiger partial charge on any atom is -0.463 e. The van der Waals surface area contributed by atoms with Gasteiger partial charge in [-0.25, -0.2) is 0 Å². The number of imidazole rings is 1. The van der Waals surface area contributed by atoms with Gasteiger partial charge in [0.1, 0.15) is 5.75 Å². The molecule has 32 heavy (non-hydrogen) atoms. The van der Waals surface area contributed by atoms with Crippen LogP contribution in [-0.2, 0) is 24.4 Å². The summed E-state index contributed by atoms with van der Waals surface area (Å²) in [5.41, 5.74) is 4.66. The van der Waals surface area contributed by atoms with Crippen LogP contribution in [0.25, 0.3) is 11.0 Å². The largest absolute Gasteiger partial charge is 0.463 e. The molecular weight excluding hydrogens is 402 g/mol. The number of rotatable bonds is 5. The van der Waals surface area contributed by atoms with Gasteiger partial charge in [-0.1, -0.05) is 42.5 Å². The van der Waals surface area contributed by atoms with E-state index in [9.17, 15) is 4.79 Å². The lowest BCUT2D eigenvalue weighted by atomic mass is 10.1. The minimum atomic E-state index is -0.672. The second-order valence-electron chi connectivity index (χ2n) is 8.51. The highest BCUT2D eigenvalue weighted by Gasteiger charge is 2.27. The fraction of sp³-hybridized carbons (Fsp3) is 0.231. The molecule has 1 aliphatic rings. The maximum Gasteiger partial charge on any atom is 0.205 e. The Morgan fingerprint density at radius 1 is 0.969 bits per heavy atom. The number of carbonyl (C=O) groups is 1. The first-order chi connectivity index (χ1) is 15.4. The van der Waals surface area contributed by atoms with Crippen LogP contribution in [0.3, 0.4) is 0 Å². The molecule has 0 atom stereocenters. The summed E-state index contributed by atoms with van der Waals surface area (Å²) in [6, 6.07) is 23.3. The second-order valence-corrected chi connectivity index (χ2v) is 8.51. The first-order valence-electron chi connectivity index (χ1n) is 10.7. The van der Waals surface area contributed by atoms with Gasteiger partial charge in [0.25, 0.3) is 0 Å². The molecule has 0 bridgehead atoms. The van der Waals surface area contributed by atoms with Crippen LogP contribution in [0.2, 0.25) is 0 Å². The van der Waals surface area contributed by atoms with Gasteiger partial charge in [0.2, 0.25) is 11.4 Å². The smallest absolute Gasteiger partial charge is 0.205 e. The third-order valence-electron chi connectivity index (χ3n) is 5.77. The number of aromatic nitrogens is 2. The molecule has 6 heteroatoms. The van der Waals surface area contributed by atoms with Crippen LogP contribution < -0.4 is 10.4 Å². The SMILES string of the molecule is CC1(C)OCc2cc(C(=O)Cn3c(=N)n(Cc4ccccc4)c4ccccc43)ccc2O1. The van der Waals surface area contributed by atoms with Gasteiger partial charge in [0, 0.05) is 25.0 Å². The molecule has 6 nitrogen and oxygen atoms in total. The second kappa shape index (κ2) is 7.80. The van der Waals surface area contributed by atoms with Crippen LogP contribution in [0.4, 0.5) is 0 Å². The van der Waals surface area contributed by atoms with E-state index in [4.69, 9.17) is 14.9 Å². The summed E-state index contributed by atoms with van der Waals surface area (Å²) in [5.74, 6) is 0.0135. The molecule has 0 saturated heterocycles. The lowest BCUT2D eigenvalue weighted by Gasteiger charge is -2.32. The first-order valence-corrected chi connectivity index (χ1v) is 10.7. The number of ether oxygens (including phenoxy) is 2. The van der Waals surface area contributed by atoms with E-state index >= 15 is 0 Å². The van der Waals surface area contributed by atoms with Gasteiger partial charge < -0.3 is 18.6 Å². The van der Waals surface area contributed by atoms with Gasteiger partial charge >= 0.3 is 0 Å². The minimum absolute atomic E-state index is 0.0567. The average molecular weight is 428 g/mol. The van der Waals surface area contributed by atoms with E-state index < -0.39 is 5.79 Å². The Kier molecular flexibility index (Phi) is 4.94. The number of hydrogen-bond donors (Lipinski definition) is 1. The normalized spacial score (nSPS) is 14.7. The molecule has 0 radical (unpaired) electrons. The standard InChI is InChI=1S/C26H25N3O3/c1-26(2)31-17-20-14-19(12-13-24(20)32-26)23(30)16-29-22-11-7-6-10-21(22)28(25(29)27)15-18-8-4-3-5-9-18/h3-14,27H,15-17H2,1-2H3. The van der Waals surface area contributed by atoms with Crippen LogP contribution in [-0.4, -0.2) is 20.7 Å². The number of Topliss-reactive ketones (excluding diaryl/α,β-unsaturated/α-hetero) is 1. The van der Waals surface area contributed by atoms with E-state index in [-0.39, 0.29) is 12.3 Å². The summed E-state index contributed by atoms with van der Waals surface area (Å²) in [5, 5.41) is 8.81. The van der Waals surface area contributed by atoms with Crippen LogP contribution in [0.15, 0.2) is 72.8 Å². The van der Waals surface area contributed by atoms with Crippen LogP contribution in [0.1, 0.15) is 35.3 Å². The summed E-state index contributed by atoms with van der Waals surface area (Å²) in [7, 11) is 0. The predicted molar refractivity (Wildman–Crippen MR) is 122 cm³/mol. The molecule has 0 aliphatic carbocycles.